The van der Waals surface area contributed by atoms with E-state index in [1.807, 2.05) is 24.4 Å². The van der Waals surface area contributed by atoms with Gasteiger partial charge >= 0.3 is 0 Å². The molecular weight excluding hydrogens is 194 g/mol. The van der Waals surface area contributed by atoms with Crippen LogP contribution in [0.3, 0.4) is 0 Å². The molecule has 0 fully saturated rings. The van der Waals surface area contributed by atoms with Gasteiger partial charge in [-0.1, -0.05) is 0 Å². The van der Waals surface area contributed by atoms with E-state index >= 15 is 0 Å². The highest BCUT2D eigenvalue weighted by Crippen LogP contribution is 2.06. The van der Waals surface area contributed by atoms with Crippen LogP contribution in [0.25, 0.3) is 0 Å². The first-order valence-corrected chi connectivity index (χ1v) is 4.79. The van der Waals surface area contributed by atoms with Gasteiger partial charge in [0.1, 0.15) is 11.6 Å². The number of aromatic nitrogens is 2. The van der Waals surface area contributed by atoms with Gasteiger partial charge in [0.05, 0.1) is 26.0 Å². The van der Waals surface area contributed by atoms with Crippen LogP contribution in [-0.2, 0) is 13.1 Å². The van der Waals surface area contributed by atoms with Crippen molar-refractivity contribution in [2.75, 3.05) is 11.9 Å². The third-order valence-electron chi connectivity index (χ3n) is 1.99. The van der Waals surface area contributed by atoms with Gasteiger partial charge in [0.25, 0.3) is 0 Å². The SMILES string of the molecule is OCCn1ccc(NCc2ccco2)n1. The van der Waals surface area contributed by atoms with Crippen LogP contribution < -0.4 is 5.32 Å². The summed E-state index contributed by atoms with van der Waals surface area (Å²) in [6.45, 7) is 1.23. The van der Waals surface area contributed by atoms with E-state index in [-0.39, 0.29) is 6.61 Å². The Morgan fingerprint density at radius 1 is 1.47 bits per heavy atom. The van der Waals surface area contributed by atoms with E-state index in [1.165, 1.54) is 0 Å². The van der Waals surface area contributed by atoms with Crippen LogP contribution in [0.5, 0.6) is 0 Å². The Balaban J connectivity index is 1.88. The van der Waals surface area contributed by atoms with Crippen LogP contribution in [0, 0.1) is 0 Å². The van der Waals surface area contributed by atoms with Crippen molar-refractivity contribution in [3.05, 3.63) is 36.4 Å². The normalized spacial score (nSPS) is 10.5. The minimum absolute atomic E-state index is 0.0965. The lowest BCUT2D eigenvalue weighted by Crippen LogP contribution is -2.04. The first-order chi connectivity index (χ1) is 7.38. The van der Waals surface area contributed by atoms with Crippen LogP contribution in [0.1, 0.15) is 5.76 Å². The van der Waals surface area contributed by atoms with Gasteiger partial charge in [-0.25, -0.2) is 0 Å². The Hall–Kier alpha value is -1.75. The minimum Gasteiger partial charge on any atom is -0.467 e. The highest BCUT2D eigenvalue weighted by atomic mass is 16.3. The second-order valence-electron chi connectivity index (χ2n) is 3.12. The third kappa shape index (κ3) is 2.60. The summed E-state index contributed by atoms with van der Waals surface area (Å²) in [7, 11) is 0. The zero-order valence-corrected chi connectivity index (χ0v) is 8.26. The van der Waals surface area contributed by atoms with Gasteiger partial charge in [-0.15, -0.1) is 0 Å². The minimum atomic E-state index is 0.0965. The van der Waals surface area contributed by atoms with E-state index in [9.17, 15) is 0 Å². The lowest BCUT2D eigenvalue weighted by atomic mass is 10.4. The van der Waals surface area contributed by atoms with Gasteiger partial charge < -0.3 is 14.8 Å². The molecule has 2 rings (SSSR count). The molecule has 0 aliphatic rings. The number of nitrogens with zero attached hydrogens (tertiary/aromatic N) is 2. The summed E-state index contributed by atoms with van der Waals surface area (Å²) in [5.74, 6) is 1.64. The molecule has 0 bridgehead atoms. The van der Waals surface area contributed by atoms with Crippen LogP contribution in [0.15, 0.2) is 35.1 Å². The number of anilines is 1. The number of hydrogen-bond acceptors (Lipinski definition) is 4. The van der Waals surface area contributed by atoms with Gasteiger partial charge in [0.15, 0.2) is 0 Å². The van der Waals surface area contributed by atoms with E-state index in [1.54, 1.807) is 10.9 Å². The van der Waals surface area contributed by atoms with E-state index < -0.39 is 0 Å². The lowest BCUT2D eigenvalue weighted by Gasteiger charge is -1.99. The Morgan fingerprint density at radius 3 is 3.13 bits per heavy atom. The molecule has 5 nitrogen and oxygen atoms in total. The fourth-order valence-corrected chi connectivity index (χ4v) is 1.27. The van der Waals surface area contributed by atoms with Gasteiger partial charge in [-0.3, -0.25) is 4.68 Å². The Morgan fingerprint density at radius 2 is 2.40 bits per heavy atom. The van der Waals surface area contributed by atoms with E-state index in [2.05, 4.69) is 10.4 Å². The van der Waals surface area contributed by atoms with Gasteiger partial charge in [0.2, 0.25) is 0 Å². The maximum Gasteiger partial charge on any atom is 0.148 e. The maximum absolute atomic E-state index is 8.71. The molecule has 2 aromatic rings. The highest BCUT2D eigenvalue weighted by Gasteiger charge is 1.99. The molecule has 0 spiro atoms. The fourth-order valence-electron chi connectivity index (χ4n) is 1.27. The van der Waals surface area contributed by atoms with Crippen LogP contribution in [0.2, 0.25) is 0 Å². The lowest BCUT2D eigenvalue weighted by molar-refractivity contribution is 0.269. The average molecular weight is 207 g/mol. The van der Waals surface area contributed by atoms with E-state index in [4.69, 9.17) is 9.52 Å². The number of aliphatic hydroxyl groups is 1. The van der Waals surface area contributed by atoms with Gasteiger partial charge in [0, 0.05) is 12.3 Å². The smallest absolute Gasteiger partial charge is 0.148 e. The largest absolute Gasteiger partial charge is 0.467 e. The van der Waals surface area contributed by atoms with Gasteiger partial charge in [-0.05, 0) is 12.1 Å². The van der Waals surface area contributed by atoms with Crippen molar-refractivity contribution in [1.82, 2.24) is 9.78 Å². The highest BCUT2D eigenvalue weighted by molar-refractivity contribution is 5.32. The molecule has 0 amide bonds. The first-order valence-electron chi connectivity index (χ1n) is 4.79. The van der Waals surface area contributed by atoms with Gasteiger partial charge in [-0.2, -0.15) is 5.10 Å². The second-order valence-corrected chi connectivity index (χ2v) is 3.12. The standard InChI is InChI=1S/C10H13N3O2/c14-6-5-13-4-3-10(12-13)11-8-9-2-1-7-15-9/h1-4,7,14H,5-6,8H2,(H,11,12). The molecule has 2 aromatic heterocycles. The molecule has 0 aliphatic carbocycles. The predicted octanol–water partition coefficient (Wildman–Crippen LogP) is 1.08. The van der Waals surface area contributed by atoms with Crippen molar-refractivity contribution >= 4 is 5.82 Å². The van der Waals surface area contributed by atoms with E-state index in [0.29, 0.717) is 13.1 Å². The number of hydrogen-bond donors (Lipinski definition) is 2. The van der Waals surface area contributed by atoms with E-state index in [0.717, 1.165) is 11.6 Å². The molecule has 5 heteroatoms. The second kappa shape index (κ2) is 4.65. The molecular formula is C10H13N3O2. The summed E-state index contributed by atoms with van der Waals surface area (Å²) in [6, 6.07) is 5.61. The summed E-state index contributed by atoms with van der Waals surface area (Å²) in [5, 5.41) is 16.0. The van der Waals surface area contributed by atoms with Crippen molar-refractivity contribution < 1.29 is 9.52 Å². The summed E-state index contributed by atoms with van der Waals surface area (Å²) >= 11 is 0. The molecule has 0 atom stereocenters. The summed E-state index contributed by atoms with van der Waals surface area (Å²) in [6.07, 6.45) is 3.46. The summed E-state index contributed by atoms with van der Waals surface area (Å²) < 4.78 is 6.86. The third-order valence-corrected chi connectivity index (χ3v) is 1.99. The van der Waals surface area contributed by atoms with Crippen molar-refractivity contribution in [3.8, 4) is 0 Å². The van der Waals surface area contributed by atoms with Crippen molar-refractivity contribution in [1.29, 1.82) is 0 Å². The quantitative estimate of drug-likeness (QED) is 0.770. The molecule has 0 saturated heterocycles. The fraction of sp³-hybridized carbons (Fsp3) is 0.300. The molecule has 0 unspecified atom stereocenters. The Labute approximate surface area is 87.3 Å². The average Bonchev–Trinajstić information content (AvgIpc) is 2.85. The predicted molar refractivity (Wildman–Crippen MR) is 55.3 cm³/mol. The number of nitrogens with one attached hydrogen (secondary N) is 1. The Bertz CT molecular complexity index is 394. The zero-order chi connectivity index (χ0) is 10.5. The molecule has 15 heavy (non-hydrogen) atoms. The van der Waals surface area contributed by atoms with Crippen LogP contribution in [-0.4, -0.2) is 21.5 Å². The molecule has 0 radical (unpaired) electrons. The monoisotopic (exact) mass is 207 g/mol. The molecule has 80 valence electrons. The number of rotatable bonds is 5. The molecule has 0 aromatic carbocycles. The summed E-state index contributed by atoms with van der Waals surface area (Å²) in [5.41, 5.74) is 0. The molecule has 2 heterocycles. The van der Waals surface area contributed by atoms with Crippen LogP contribution in [0.4, 0.5) is 5.82 Å². The number of aliphatic hydroxyl groups excluding tert-OH is 1. The number of furan rings is 1. The topological polar surface area (TPSA) is 63.2 Å². The first kappa shape index (κ1) is 9.79. The molecule has 0 saturated carbocycles. The molecule has 2 N–H and O–H groups in total. The Kier molecular flexibility index (Phi) is 3.04. The maximum atomic E-state index is 8.71. The van der Waals surface area contributed by atoms with Crippen molar-refractivity contribution in [3.63, 3.8) is 0 Å². The molecule has 0 aliphatic heterocycles. The van der Waals surface area contributed by atoms with Crippen LogP contribution >= 0.6 is 0 Å². The van der Waals surface area contributed by atoms with Crippen molar-refractivity contribution in [2.45, 2.75) is 13.1 Å². The van der Waals surface area contributed by atoms with Crippen molar-refractivity contribution in [2.24, 2.45) is 0 Å². The zero-order valence-electron chi connectivity index (χ0n) is 8.26. The summed E-state index contributed by atoms with van der Waals surface area (Å²) in [4.78, 5) is 0.